The smallest absolute Gasteiger partial charge is 0.319 e. The van der Waals surface area contributed by atoms with Crippen molar-refractivity contribution in [2.24, 2.45) is 0 Å². The average Bonchev–Trinajstić information content (AvgIpc) is 2.59. The third-order valence-electron chi connectivity index (χ3n) is 3.74. The van der Waals surface area contributed by atoms with E-state index in [0.717, 1.165) is 5.56 Å². The van der Waals surface area contributed by atoms with E-state index in [1.54, 1.807) is 6.92 Å². The molecule has 2 atom stereocenters. The molecule has 132 valence electrons. The molecule has 0 fully saturated rings. The minimum absolute atomic E-state index is 0.0104. The number of carbonyl (C=O) groups is 1. The fraction of sp³-hybridized carbons (Fsp3) is 0.278. The van der Waals surface area contributed by atoms with Crippen molar-refractivity contribution in [2.75, 3.05) is 11.9 Å². The Bertz CT molecular complexity index is 702. The van der Waals surface area contributed by atoms with Crippen molar-refractivity contribution in [3.05, 3.63) is 70.3 Å². The van der Waals surface area contributed by atoms with Gasteiger partial charge in [-0.05, 0) is 31.0 Å². The molecule has 3 N–H and O–H groups in total. The standard InChI is InChI=1S/C18H21N3O4/c1-13(22)11-15(14-5-3-2-4-6-14)12-19-18(23)20-16-7-9-17(10-8-16)21(24)25/h2-10,13,15,22H,11-12H2,1H3,(H2,19,20,23). The summed E-state index contributed by atoms with van der Waals surface area (Å²) in [6.07, 6.45) is 0.0479. The van der Waals surface area contributed by atoms with Crippen molar-refractivity contribution in [1.82, 2.24) is 5.32 Å². The molecule has 7 nitrogen and oxygen atoms in total. The van der Waals surface area contributed by atoms with Crippen molar-refractivity contribution in [2.45, 2.75) is 25.4 Å². The number of nitro benzene ring substituents is 1. The van der Waals surface area contributed by atoms with Crippen molar-refractivity contribution in [1.29, 1.82) is 0 Å². The summed E-state index contributed by atoms with van der Waals surface area (Å²) < 4.78 is 0. The second-order valence-electron chi connectivity index (χ2n) is 5.83. The van der Waals surface area contributed by atoms with E-state index in [0.29, 0.717) is 18.7 Å². The Labute approximate surface area is 145 Å². The monoisotopic (exact) mass is 343 g/mol. The molecule has 0 heterocycles. The molecule has 0 aromatic heterocycles. The first-order chi connectivity index (χ1) is 12.0. The molecule has 0 radical (unpaired) electrons. The number of nitrogens with one attached hydrogen (secondary N) is 2. The van der Waals surface area contributed by atoms with Crippen LogP contribution >= 0.6 is 0 Å². The van der Waals surface area contributed by atoms with Gasteiger partial charge in [0, 0.05) is 30.3 Å². The number of carbonyl (C=O) groups excluding carboxylic acids is 1. The van der Waals surface area contributed by atoms with E-state index in [4.69, 9.17) is 0 Å². The third kappa shape index (κ3) is 5.89. The zero-order valence-electron chi connectivity index (χ0n) is 13.9. The highest BCUT2D eigenvalue weighted by Crippen LogP contribution is 2.20. The Morgan fingerprint density at radius 2 is 1.80 bits per heavy atom. The van der Waals surface area contributed by atoms with Crippen LogP contribution in [-0.2, 0) is 0 Å². The fourth-order valence-corrected chi connectivity index (χ4v) is 2.53. The predicted molar refractivity (Wildman–Crippen MR) is 95.6 cm³/mol. The molecule has 2 amide bonds. The first-order valence-corrected chi connectivity index (χ1v) is 7.98. The van der Waals surface area contributed by atoms with Crippen molar-refractivity contribution >= 4 is 17.4 Å². The van der Waals surface area contributed by atoms with Gasteiger partial charge in [-0.25, -0.2) is 4.79 Å². The summed E-state index contributed by atoms with van der Waals surface area (Å²) >= 11 is 0. The van der Waals surface area contributed by atoms with E-state index in [1.165, 1.54) is 24.3 Å². The molecule has 0 saturated heterocycles. The lowest BCUT2D eigenvalue weighted by atomic mass is 9.93. The van der Waals surface area contributed by atoms with Crippen LogP contribution in [0, 0.1) is 10.1 Å². The zero-order chi connectivity index (χ0) is 18.2. The number of non-ortho nitro benzene ring substituents is 1. The Kier molecular flexibility index (Phi) is 6.47. The molecule has 0 aliphatic rings. The highest BCUT2D eigenvalue weighted by atomic mass is 16.6. The maximum Gasteiger partial charge on any atom is 0.319 e. The largest absolute Gasteiger partial charge is 0.393 e. The second kappa shape index (κ2) is 8.79. The number of benzene rings is 2. The van der Waals surface area contributed by atoms with Gasteiger partial charge in [-0.2, -0.15) is 0 Å². The number of nitrogens with zero attached hydrogens (tertiary/aromatic N) is 1. The Morgan fingerprint density at radius 1 is 1.16 bits per heavy atom. The lowest BCUT2D eigenvalue weighted by Crippen LogP contribution is -2.33. The quantitative estimate of drug-likeness (QED) is 0.530. The average molecular weight is 343 g/mol. The van der Waals surface area contributed by atoms with Crippen LogP contribution in [0.3, 0.4) is 0 Å². The van der Waals surface area contributed by atoms with E-state index >= 15 is 0 Å². The molecule has 0 aliphatic heterocycles. The van der Waals surface area contributed by atoms with Gasteiger partial charge in [0.2, 0.25) is 0 Å². The molecule has 2 aromatic carbocycles. The number of nitro groups is 1. The molecular formula is C18H21N3O4. The SMILES string of the molecule is CC(O)CC(CNC(=O)Nc1ccc([N+](=O)[O-])cc1)c1ccccc1. The normalized spacial score (nSPS) is 12.9. The van der Waals surface area contributed by atoms with Gasteiger partial charge >= 0.3 is 6.03 Å². The summed E-state index contributed by atoms with van der Waals surface area (Å²) in [5, 5.41) is 25.7. The van der Waals surface area contributed by atoms with Crippen LogP contribution in [-0.4, -0.2) is 28.7 Å². The maximum absolute atomic E-state index is 12.0. The molecule has 2 rings (SSSR count). The molecule has 7 heteroatoms. The number of urea groups is 1. The number of anilines is 1. The number of hydrogen-bond donors (Lipinski definition) is 3. The molecule has 2 unspecified atom stereocenters. The molecule has 0 saturated carbocycles. The van der Waals surface area contributed by atoms with Crippen LogP contribution in [0.15, 0.2) is 54.6 Å². The van der Waals surface area contributed by atoms with Crippen LogP contribution in [0.1, 0.15) is 24.8 Å². The summed E-state index contributed by atoms with van der Waals surface area (Å²) in [6, 6.07) is 14.9. The first-order valence-electron chi connectivity index (χ1n) is 7.98. The molecule has 2 aromatic rings. The first kappa shape index (κ1) is 18.4. The van der Waals surface area contributed by atoms with Crippen LogP contribution in [0.2, 0.25) is 0 Å². The molecule has 0 aliphatic carbocycles. The van der Waals surface area contributed by atoms with Gasteiger partial charge in [0.1, 0.15) is 0 Å². The van der Waals surface area contributed by atoms with E-state index in [1.807, 2.05) is 30.3 Å². The van der Waals surface area contributed by atoms with Crippen molar-refractivity contribution in [3.8, 4) is 0 Å². The second-order valence-corrected chi connectivity index (χ2v) is 5.83. The van der Waals surface area contributed by atoms with E-state index in [2.05, 4.69) is 10.6 Å². The summed E-state index contributed by atoms with van der Waals surface area (Å²) in [6.45, 7) is 2.08. The minimum atomic E-state index is -0.496. The molecular weight excluding hydrogens is 322 g/mol. The topological polar surface area (TPSA) is 104 Å². The van der Waals surface area contributed by atoms with Gasteiger partial charge in [0.05, 0.1) is 11.0 Å². The highest BCUT2D eigenvalue weighted by molar-refractivity contribution is 5.89. The number of aliphatic hydroxyl groups excluding tert-OH is 1. The van der Waals surface area contributed by atoms with Crippen LogP contribution in [0.4, 0.5) is 16.2 Å². The van der Waals surface area contributed by atoms with E-state index < -0.39 is 17.1 Å². The molecule has 0 spiro atoms. The Morgan fingerprint density at radius 3 is 2.36 bits per heavy atom. The summed E-state index contributed by atoms with van der Waals surface area (Å²) in [4.78, 5) is 22.2. The molecule has 25 heavy (non-hydrogen) atoms. The van der Waals surface area contributed by atoms with Crippen molar-refractivity contribution < 1.29 is 14.8 Å². The lowest BCUT2D eigenvalue weighted by molar-refractivity contribution is -0.384. The summed E-state index contributed by atoms with van der Waals surface area (Å²) in [5.41, 5.74) is 1.47. The molecule has 0 bridgehead atoms. The predicted octanol–water partition coefficient (Wildman–Crippen LogP) is 3.27. The van der Waals surface area contributed by atoms with Gasteiger partial charge in [-0.1, -0.05) is 30.3 Å². The number of aliphatic hydroxyl groups is 1. The fourth-order valence-electron chi connectivity index (χ4n) is 2.53. The van der Waals surface area contributed by atoms with Crippen LogP contribution in [0.25, 0.3) is 0 Å². The van der Waals surface area contributed by atoms with Crippen LogP contribution < -0.4 is 10.6 Å². The Balaban J connectivity index is 1.93. The Hall–Kier alpha value is -2.93. The highest BCUT2D eigenvalue weighted by Gasteiger charge is 2.15. The number of amides is 2. The zero-order valence-corrected chi connectivity index (χ0v) is 13.9. The van der Waals surface area contributed by atoms with Crippen molar-refractivity contribution in [3.63, 3.8) is 0 Å². The number of rotatable bonds is 7. The third-order valence-corrected chi connectivity index (χ3v) is 3.74. The number of hydrogen-bond acceptors (Lipinski definition) is 4. The summed E-state index contributed by atoms with van der Waals surface area (Å²) in [7, 11) is 0. The van der Waals surface area contributed by atoms with Gasteiger partial charge in [-0.15, -0.1) is 0 Å². The van der Waals surface area contributed by atoms with Gasteiger partial charge < -0.3 is 15.7 Å². The maximum atomic E-state index is 12.0. The lowest BCUT2D eigenvalue weighted by Gasteiger charge is -2.20. The van der Waals surface area contributed by atoms with Crippen LogP contribution in [0.5, 0.6) is 0 Å². The van der Waals surface area contributed by atoms with E-state index in [9.17, 15) is 20.0 Å². The minimum Gasteiger partial charge on any atom is -0.393 e. The van der Waals surface area contributed by atoms with E-state index in [-0.39, 0.29) is 11.6 Å². The van der Waals surface area contributed by atoms with Gasteiger partial charge in [0.15, 0.2) is 0 Å². The summed E-state index contributed by atoms with van der Waals surface area (Å²) in [5.74, 6) is -0.0104. The van der Waals surface area contributed by atoms with Gasteiger partial charge in [-0.3, -0.25) is 10.1 Å². The van der Waals surface area contributed by atoms with Gasteiger partial charge in [0.25, 0.3) is 5.69 Å².